The van der Waals surface area contributed by atoms with Crippen LogP contribution in [0.25, 0.3) is 10.9 Å². The van der Waals surface area contributed by atoms with E-state index in [1.54, 1.807) is 0 Å². The van der Waals surface area contributed by atoms with E-state index in [4.69, 9.17) is 5.73 Å². The molecule has 0 bridgehead atoms. The molecule has 3 N–H and O–H groups in total. The van der Waals surface area contributed by atoms with Crippen LogP contribution in [0.2, 0.25) is 0 Å². The summed E-state index contributed by atoms with van der Waals surface area (Å²) < 4.78 is 0. The number of aromatic nitrogens is 1. The van der Waals surface area contributed by atoms with Crippen LogP contribution in [0.15, 0.2) is 29.1 Å². The Labute approximate surface area is 87.9 Å². The summed E-state index contributed by atoms with van der Waals surface area (Å²) in [4.78, 5) is 14.5. The van der Waals surface area contributed by atoms with Gasteiger partial charge in [-0.2, -0.15) is 0 Å². The molecule has 0 aliphatic rings. The molecule has 0 aliphatic carbocycles. The van der Waals surface area contributed by atoms with Crippen molar-refractivity contribution in [3.63, 3.8) is 0 Å². The van der Waals surface area contributed by atoms with Crippen molar-refractivity contribution in [2.24, 2.45) is 5.73 Å². The minimum absolute atomic E-state index is 0.0960. The number of aromatic amines is 1. The Morgan fingerprint density at radius 1 is 1.33 bits per heavy atom. The summed E-state index contributed by atoms with van der Waals surface area (Å²) in [5.74, 6) is 0. The Morgan fingerprint density at radius 3 is 2.73 bits per heavy atom. The Hall–Kier alpha value is -1.61. The number of nitrogens with two attached hydrogens (primary N) is 1. The average molecular weight is 202 g/mol. The second-order valence-electron chi connectivity index (χ2n) is 3.93. The minimum Gasteiger partial charge on any atom is -0.324 e. The van der Waals surface area contributed by atoms with Crippen molar-refractivity contribution < 1.29 is 0 Å². The Bertz CT molecular complexity index is 555. The van der Waals surface area contributed by atoms with Gasteiger partial charge in [-0.1, -0.05) is 11.6 Å². The van der Waals surface area contributed by atoms with Crippen molar-refractivity contribution in [3.8, 4) is 0 Å². The summed E-state index contributed by atoms with van der Waals surface area (Å²) in [7, 11) is 0. The highest BCUT2D eigenvalue weighted by Crippen LogP contribution is 2.15. The molecule has 3 nitrogen and oxygen atoms in total. The van der Waals surface area contributed by atoms with Gasteiger partial charge in [0, 0.05) is 17.1 Å². The fourth-order valence-electron chi connectivity index (χ4n) is 1.68. The van der Waals surface area contributed by atoms with E-state index in [2.05, 4.69) is 4.98 Å². The first-order chi connectivity index (χ1) is 7.08. The number of benzene rings is 1. The number of rotatable bonds is 1. The lowest BCUT2D eigenvalue weighted by atomic mass is 10.1. The van der Waals surface area contributed by atoms with Gasteiger partial charge in [-0.3, -0.25) is 4.79 Å². The molecule has 78 valence electrons. The molecule has 3 heteroatoms. The van der Waals surface area contributed by atoms with Crippen LogP contribution in [0.3, 0.4) is 0 Å². The van der Waals surface area contributed by atoms with Gasteiger partial charge in [0.2, 0.25) is 0 Å². The highest BCUT2D eigenvalue weighted by atomic mass is 16.1. The molecular formula is C12H14N2O. The number of hydrogen-bond donors (Lipinski definition) is 2. The number of hydrogen-bond acceptors (Lipinski definition) is 2. The quantitative estimate of drug-likeness (QED) is 0.741. The zero-order valence-electron chi connectivity index (χ0n) is 8.87. The van der Waals surface area contributed by atoms with E-state index in [0.717, 1.165) is 10.9 Å². The van der Waals surface area contributed by atoms with Gasteiger partial charge in [0.05, 0.1) is 0 Å². The summed E-state index contributed by atoms with van der Waals surface area (Å²) in [6.07, 6.45) is 0. The van der Waals surface area contributed by atoms with Crippen molar-refractivity contribution >= 4 is 10.9 Å². The molecule has 0 unspecified atom stereocenters. The van der Waals surface area contributed by atoms with E-state index in [0.29, 0.717) is 5.56 Å². The third kappa shape index (κ3) is 1.78. The van der Waals surface area contributed by atoms with Gasteiger partial charge in [-0.15, -0.1) is 0 Å². The molecule has 15 heavy (non-hydrogen) atoms. The number of aryl methyl sites for hydroxylation is 1. The van der Waals surface area contributed by atoms with E-state index in [1.165, 1.54) is 5.56 Å². The Balaban J connectivity index is 2.77. The van der Waals surface area contributed by atoms with Crippen LogP contribution in [0.5, 0.6) is 0 Å². The Morgan fingerprint density at radius 2 is 2.07 bits per heavy atom. The molecule has 0 fully saturated rings. The van der Waals surface area contributed by atoms with Gasteiger partial charge in [0.15, 0.2) is 0 Å². The van der Waals surface area contributed by atoms with E-state index in [9.17, 15) is 4.79 Å². The second kappa shape index (κ2) is 3.51. The van der Waals surface area contributed by atoms with Crippen molar-refractivity contribution in [2.45, 2.75) is 19.9 Å². The molecule has 0 amide bonds. The smallest absolute Gasteiger partial charge is 0.253 e. The van der Waals surface area contributed by atoms with Gasteiger partial charge in [-0.25, -0.2) is 0 Å². The van der Waals surface area contributed by atoms with E-state index in [1.807, 2.05) is 38.1 Å². The van der Waals surface area contributed by atoms with Crippen LogP contribution in [-0.2, 0) is 0 Å². The number of pyridine rings is 1. The van der Waals surface area contributed by atoms with Crippen LogP contribution in [0.4, 0.5) is 0 Å². The Kier molecular flexibility index (Phi) is 2.32. The third-order valence-corrected chi connectivity index (χ3v) is 2.52. The van der Waals surface area contributed by atoms with Gasteiger partial charge < -0.3 is 10.7 Å². The van der Waals surface area contributed by atoms with E-state index in [-0.39, 0.29) is 11.6 Å². The van der Waals surface area contributed by atoms with Gasteiger partial charge >= 0.3 is 0 Å². The first-order valence-corrected chi connectivity index (χ1v) is 4.97. The summed E-state index contributed by atoms with van der Waals surface area (Å²) in [5, 5.41) is 1.03. The standard InChI is InChI=1S/C12H14N2O/c1-7-3-4-11-9(5-7)6-10(8(2)13)12(15)14-11/h3-6,8H,13H2,1-2H3,(H,14,15)/t8-/m1/s1. The molecule has 0 spiro atoms. The first-order valence-electron chi connectivity index (χ1n) is 4.97. The number of nitrogens with one attached hydrogen (secondary N) is 1. The number of H-pyrrole nitrogens is 1. The summed E-state index contributed by atoms with van der Waals surface area (Å²) in [5.41, 5.74) is 8.29. The third-order valence-electron chi connectivity index (χ3n) is 2.52. The largest absolute Gasteiger partial charge is 0.324 e. The molecule has 2 aromatic rings. The molecule has 0 radical (unpaired) electrons. The predicted octanol–water partition coefficient (Wildman–Crippen LogP) is 1.86. The highest BCUT2D eigenvalue weighted by molar-refractivity contribution is 5.79. The van der Waals surface area contributed by atoms with Crippen molar-refractivity contribution in [1.82, 2.24) is 4.98 Å². The zero-order valence-corrected chi connectivity index (χ0v) is 8.87. The van der Waals surface area contributed by atoms with Gasteiger partial charge in [-0.05, 0) is 37.4 Å². The van der Waals surface area contributed by atoms with Crippen molar-refractivity contribution in [1.29, 1.82) is 0 Å². The van der Waals surface area contributed by atoms with Crippen molar-refractivity contribution in [3.05, 3.63) is 45.7 Å². The van der Waals surface area contributed by atoms with Crippen LogP contribution >= 0.6 is 0 Å². The fraction of sp³-hybridized carbons (Fsp3) is 0.250. The van der Waals surface area contributed by atoms with Crippen LogP contribution < -0.4 is 11.3 Å². The lowest BCUT2D eigenvalue weighted by molar-refractivity contribution is 0.804. The molecule has 1 aromatic heterocycles. The summed E-state index contributed by atoms with van der Waals surface area (Å²) >= 11 is 0. The normalized spacial score (nSPS) is 13.0. The molecular weight excluding hydrogens is 188 g/mol. The van der Waals surface area contributed by atoms with Gasteiger partial charge in [0.1, 0.15) is 0 Å². The van der Waals surface area contributed by atoms with E-state index >= 15 is 0 Å². The molecule has 0 saturated carbocycles. The monoisotopic (exact) mass is 202 g/mol. The molecule has 2 rings (SSSR count). The molecule has 1 heterocycles. The van der Waals surface area contributed by atoms with Gasteiger partial charge in [0.25, 0.3) is 5.56 Å². The highest BCUT2D eigenvalue weighted by Gasteiger charge is 2.06. The average Bonchev–Trinajstić information content (AvgIpc) is 2.17. The SMILES string of the molecule is Cc1ccc2[nH]c(=O)c([C@@H](C)N)cc2c1. The first kappa shape index (κ1) is 9.93. The lowest BCUT2D eigenvalue weighted by Crippen LogP contribution is -2.19. The number of fused-ring (bicyclic) bond motifs is 1. The van der Waals surface area contributed by atoms with Crippen LogP contribution in [-0.4, -0.2) is 4.98 Å². The predicted molar refractivity (Wildman–Crippen MR) is 61.9 cm³/mol. The molecule has 1 atom stereocenters. The molecule has 1 aromatic carbocycles. The van der Waals surface area contributed by atoms with Crippen LogP contribution in [0, 0.1) is 6.92 Å². The van der Waals surface area contributed by atoms with Crippen molar-refractivity contribution in [2.75, 3.05) is 0 Å². The zero-order chi connectivity index (χ0) is 11.0. The topological polar surface area (TPSA) is 58.9 Å². The van der Waals surface area contributed by atoms with Crippen LogP contribution in [0.1, 0.15) is 24.1 Å². The second-order valence-corrected chi connectivity index (χ2v) is 3.93. The maximum atomic E-state index is 11.6. The summed E-state index contributed by atoms with van der Waals surface area (Å²) in [6, 6.07) is 7.56. The van der Waals surface area contributed by atoms with E-state index < -0.39 is 0 Å². The summed E-state index contributed by atoms with van der Waals surface area (Å²) in [6.45, 7) is 3.84. The maximum absolute atomic E-state index is 11.6. The minimum atomic E-state index is -0.237. The fourth-order valence-corrected chi connectivity index (χ4v) is 1.68. The molecule has 0 saturated heterocycles. The maximum Gasteiger partial charge on any atom is 0.253 e. The molecule has 0 aliphatic heterocycles. The lowest BCUT2D eigenvalue weighted by Gasteiger charge is -2.06.